The van der Waals surface area contributed by atoms with Crippen molar-refractivity contribution in [3.8, 4) is 0 Å². The Labute approximate surface area is 141 Å². The Morgan fingerprint density at radius 3 is 1.50 bits per heavy atom. The lowest BCUT2D eigenvalue weighted by Crippen LogP contribution is -2.43. The van der Waals surface area contributed by atoms with Gasteiger partial charge in [0.1, 0.15) is 0 Å². The fraction of sp³-hybridized carbons (Fsp3) is 1.00. The molecule has 0 aliphatic carbocycles. The third kappa shape index (κ3) is 10.6. The van der Waals surface area contributed by atoms with E-state index in [-0.39, 0.29) is 0 Å². The van der Waals surface area contributed by atoms with Crippen molar-refractivity contribution >= 4 is 0 Å². The van der Waals surface area contributed by atoms with E-state index >= 15 is 0 Å². The van der Waals surface area contributed by atoms with E-state index in [0.29, 0.717) is 5.41 Å². The highest BCUT2D eigenvalue weighted by Gasteiger charge is 2.25. The number of nitrogens with zero attached hydrogens (tertiary/aromatic N) is 3. The summed E-state index contributed by atoms with van der Waals surface area (Å²) in [7, 11) is 4.35. The van der Waals surface area contributed by atoms with Crippen molar-refractivity contribution in [1.29, 1.82) is 0 Å². The van der Waals surface area contributed by atoms with Gasteiger partial charge in [0.25, 0.3) is 0 Å². The number of rotatable bonds is 4. The first-order chi connectivity index (χ1) is 10.3. The second kappa shape index (κ2) is 11.4. The van der Waals surface area contributed by atoms with Gasteiger partial charge in [0, 0.05) is 32.7 Å². The molecule has 0 amide bonds. The van der Waals surface area contributed by atoms with Crippen LogP contribution in [0.25, 0.3) is 0 Å². The molecule has 2 rings (SSSR count). The Morgan fingerprint density at radius 1 is 0.818 bits per heavy atom. The summed E-state index contributed by atoms with van der Waals surface area (Å²) in [5, 5.41) is 0. The average Bonchev–Trinajstić information content (AvgIpc) is 2.39. The van der Waals surface area contributed by atoms with E-state index in [4.69, 9.17) is 0 Å². The molecule has 0 aromatic heterocycles. The summed E-state index contributed by atoms with van der Waals surface area (Å²) in [6, 6.07) is 0. The van der Waals surface area contributed by atoms with Crippen molar-refractivity contribution in [1.82, 2.24) is 14.7 Å². The van der Waals surface area contributed by atoms with Gasteiger partial charge in [-0.05, 0) is 51.4 Å². The van der Waals surface area contributed by atoms with E-state index in [9.17, 15) is 0 Å². The topological polar surface area (TPSA) is 9.72 Å². The van der Waals surface area contributed by atoms with Gasteiger partial charge in [0.2, 0.25) is 0 Å². The van der Waals surface area contributed by atoms with Crippen LogP contribution in [0, 0.1) is 11.3 Å². The molecule has 0 aromatic rings. The van der Waals surface area contributed by atoms with Crippen molar-refractivity contribution in [2.24, 2.45) is 11.3 Å². The van der Waals surface area contributed by atoms with Crippen LogP contribution in [0.1, 0.15) is 54.4 Å². The zero-order valence-electron chi connectivity index (χ0n) is 16.8. The molecular weight excluding hydrogens is 270 g/mol. The summed E-state index contributed by atoms with van der Waals surface area (Å²) in [6.07, 6.45) is 2.77. The fourth-order valence-electron chi connectivity index (χ4n) is 3.22. The molecule has 3 heteroatoms. The van der Waals surface area contributed by atoms with Crippen LogP contribution in [0.15, 0.2) is 0 Å². The number of piperazine rings is 1. The molecule has 134 valence electrons. The summed E-state index contributed by atoms with van der Waals surface area (Å²) >= 11 is 0. The molecule has 0 radical (unpaired) electrons. The van der Waals surface area contributed by atoms with E-state index in [0.717, 1.165) is 5.92 Å². The van der Waals surface area contributed by atoms with E-state index in [2.05, 4.69) is 56.5 Å². The van der Waals surface area contributed by atoms with E-state index in [1.165, 1.54) is 58.7 Å². The monoisotopic (exact) mass is 313 g/mol. The first-order valence-corrected chi connectivity index (χ1v) is 9.38. The summed E-state index contributed by atoms with van der Waals surface area (Å²) in [6.45, 7) is 22.3. The number of likely N-dealkylation sites (N-methyl/N-ethyl adjacent to an activating group) is 2. The minimum Gasteiger partial charge on any atom is -0.304 e. The Balaban J connectivity index is 0.000000382. The molecule has 0 atom stereocenters. The van der Waals surface area contributed by atoms with E-state index in [1.807, 2.05) is 13.8 Å². The van der Waals surface area contributed by atoms with Gasteiger partial charge < -0.3 is 14.7 Å². The molecule has 3 nitrogen and oxygen atoms in total. The molecule has 2 aliphatic rings. The molecule has 0 spiro atoms. The highest BCUT2D eigenvalue weighted by atomic mass is 15.2. The van der Waals surface area contributed by atoms with Crippen LogP contribution in [0.4, 0.5) is 0 Å². The smallest absolute Gasteiger partial charge is 0.0107 e. The molecule has 0 N–H and O–H groups in total. The van der Waals surface area contributed by atoms with Gasteiger partial charge >= 0.3 is 0 Å². The van der Waals surface area contributed by atoms with Crippen LogP contribution >= 0.6 is 0 Å². The summed E-state index contributed by atoms with van der Waals surface area (Å²) in [4.78, 5) is 7.29. The largest absolute Gasteiger partial charge is 0.304 e. The van der Waals surface area contributed by atoms with Crippen molar-refractivity contribution < 1.29 is 0 Å². The minimum atomic E-state index is 0.522. The quantitative estimate of drug-likeness (QED) is 0.784. The standard InChI is InChI=1S/C11H23N.C6H14N2.C2H6/c1-10(2)8-11(3,4)9-12-6-5-7-12;1-7-3-5-8(2)6-4-7;1-2/h10H,5-9H2,1-4H3;3-6H2,1-2H3;1-2H3. The lowest BCUT2D eigenvalue weighted by Gasteiger charge is -2.38. The van der Waals surface area contributed by atoms with Gasteiger partial charge in [-0.25, -0.2) is 0 Å². The number of likely N-dealkylation sites (tertiary alicyclic amines) is 1. The minimum absolute atomic E-state index is 0.522. The maximum Gasteiger partial charge on any atom is 0.0107 e. The summed E-state index contributed by atoms with van der Waals surface area (Å²) < 4.78 is 0. The van der Waals surface area contributed by atoms with Crippen LogP contribution in [-0.2, 0) is 0 Å². The van der Waals surface area contributed by atoms with Gasteiger partial charge in [-0.3, -0.25) is 0 Å². The second-order valence-corrected chi connectivity index (χ2v) is 8.00. The van der Waals surface area contributed by atoms with Crippen LogP contribution in [0.3, 0.4) is 0 Å². The number of hydrogen-bond donors (Lipinski definition) is 0. The maximum absolute atomic E-state index is 2.57. The third-order valence-corrected chi connectivity index (χ3v) is 4.29. The molecule has 2 aliphatic heterocycles. The van der Waals surface area contributed by atoms with Crippen LogP contribution < -0.4 is 0 Å². The van der Waals surface area contributed by atoms with Crippen molar-refractivity contribution in [2.75, 3.05) is 59.9 Å². The average molecular weight is 314 g/mol. The number of hydrogen-bond acceptors (Lipinski definition) is 3. The molecule has 2 heterocycles. The Hall–Kier alpha value is -0.120. The molecule has 0 aromatic carbocycles. The first kappa shape index (κ1) is 21.9. The highest BCUT2D eigenvalue weighted by Crippen LogP contribution is 2.27. The van der Waals surface area contributed by atoms with Crippen molar-refractivity contribution in [3.63, 3.8) is 0 Å². The first-order valence-electron chi connectivity index (χ1n) is 9.38. The molecule has 0 saturated carbocycles. The van der Waals surface area contributed by atoms with Gasteiger partial charge in [0.05, 0.1) is 0 Å². The fourth-order valence-corrected chi connectivity index (χ4v) is 3.22. The highest BCUT2D eigenvalue weighted by molar-refractivity contribution is 4.79. The molecule has 0 unspecified atom stereocenters. The molecular formula is C19H43N3. The van der Waals surface area contributed by atoms with Gasteiger partial charge in [-0.2, -0.15) is 0 Å². The van der Waals surface area contributed by atoms with Gasteiger partial charge in [-0.1, -0.05) is 41.5 Å². The SMILES string of the molecule is CC.CC(C)CC(C)(C)CN1CCC1.CN1CCN(C)CC1. The summed E-state index contributed by atoms with van der Waals surface area (Å²) in [5.41, 5.74) is 0.522. The van der Waals surface area contributed by atoms with E-state index < -0.39 is 0 Å². The third-order valence-electron chi connectivity index (χ3n) is 4.29. The normalized spacial score (nSPS) is 20.6. The van der Waals surface area contributed by atoms with Crippen LogP contribution in [-0.4, -0.2) is 74.6 Å². The molecule has 22 heavy (non-hydrogen) atoms. The Kier molecular flexibility index (Phi) is 11.4. The van der Waals surface area contributed by atoms with Crippen molar-refractivity contribution in [2.45, 2.75) is 54.4 Å². The predicted molar refractivity (Wildman–Crippen MR) is 101 cm³/mol. The van der Waals surface area contributed by atoms with Crippen molar-refractivity contribution in [3.05, 3.63) is 0 Å². The molecule has 2 saturated heterocycles. The lowest BCUT2D eigenvalue weighted by molar-refractivity contribution is 0.103. The Bertz CT molecular complexity index is 241. The van der Waals surface area contributed by atoms with E-state index in [1.54, 1.807) is 0 Å². The van der Waals surface area contributed by atoms with Gasteiger partial charge in [-0.15, -0.1) is 0 Å². The maximum atomic E-state index is 2.57. The zero-order chi connectivity index (χ0) is 17.2. The van der Waals surface area contributed by atoms with Crippen LogP contribution in [0.2, 0.25) is 0 Å². The van der Waals surface area contributed by atoms with Crippen LogP contribution in [0.5, 0.6) is 0 Å². The second-order valence-electron chi connectivity index (χ2n) is 8.00. The van der Waals surface area contributed by atoms with Gasteiger partial charge in [0.15, 0.2) is 0 Å². The molecule has 0 bridgehead atoms. The Morgan fingerprint density at radius 2 is 1.23 bits per heavy atom. The lowest BCUT2D eigenvalue weighted by atomic mass is 9.83. The zero-order valence-corrected chi connectivity index (χ0v) is 16.8. The summed E-state index contributed by atoms with van der Waals surface area (Å²) in [5.74, 6) is 0.835. The molecule has 2 fully saturated rings. The predicted octanol–water partition coefficient (Wildman–Crippen LogP) is 3.65.